The molecule has 0 unspecified atom stereocenters. The lowest BCUT2D eigenvalue weighted by Crippen LogP contribution is -2.23. The number of rotatable bonds is 8. The topological polar surface area (TPSA) is 107 Å². The van der Waals surface area contributed by atoms with Crippen LogP contribution >= 0.6 is 0 Å². The molecule has 0 bridgehead atoms. The van der Waals surface area contributed by atoms with Crippen molar-refractivity contribution in [2.75, 3.05) is 26.6 Å². The van der Waals surface area contributed by atoms with E-state index in [0.29, 0.717) is 41.0 Å². The molecule has 2 heterocycles. The van der Waals surface area contributed by atoms with Gasteiger partial charge in [-0.15, -0.1) is 0 Å². The Balaban J connectivity index is 1.68. The molecule has 0 atom stereocenters. The number of nitrogens with one attached hydrogen (secondary N) is 2. The van der Waals surface area contributed by atoms with Gasteiger partial charge < -0.3 is 24.8 Å². The van der Waals surface area contributed by atoms with Crippen LogP contribution in [0.5, 0.6) is 17.2 Å². The molecule has 1 amide bonds. The van der Waals surface area contributed by atoms with Crippen molar-refractivity contribution in [1.29, 1.82) is 0 Å². The number of aromatic nitrogens is 3. The Morgan fingerprint density at radius 1 is 0.966 bits per heavy atom. The van der Waals surface area contributed by atoms with Crippen molar-refractivity contribution in [2.45, 2.75) is 6.54 Å². The highest BCUT2D eigenvalue weighted by Crippen LogP contribution is 2.40. The van der Waals surface area contributed by atoms with Crippen LogP contribution in [0.4, 0.5) is 11.6 Å². The van der Waals surface area contributed by atoms with Crippen LogP contribution in [0.25, 0.3) is 0 Å². The van der Waals surface area contributed by atoms with Crippen LogP contribution in [-0.4, -0.2) is 42.2 Å². The molecule has 3 rings (SSSR count). The van der Waals surface area contributed by atoms with Gasteiger partial charge in [0.05, 0.1) is 26.9 Å². The summed E-state index contributed by atoms with van der Waals surface area (Å²) in [7, 11) is 4.61. The molecule has 0 spiro atoms. The lowest BCUT2D eigenvalue weighted by molar-refractivity contribution is 0.0950. The van der Waals surface area contributed by atoms with E-state index in [4.69, 9.17) is 14.2 Å². The molecular formula is C20H21N5O4. The van der Waals surface area contributed by atoms with Crippen molar-refractivity contribution in [3.63, 3.8) is 0 Å². The fraction of sp³-hybridized carbons (Fsp3) is 0.200. The summed E-state index contributed by atoms with van der Waals surface area (Å²) in [4.78, 5) is 24.6. The van der Waals surface area contributed by atoms with Gasteiger partial charge in [0.25, 0.3) is 5.91 Å². The quantitative estimate of drug-likeness (QED) is 0.599. The number of pyridine rings is 1. The van der Waals surface area contributed by atoms with E-state index in [1.165, 1.54) is 33.7 Å². The van der Waals surface area contributed by atoms with Gasteiger partial charge in [-0.1, -0.05) is 0 Å². The normalized spacial score (nSPS) is 10.2. The summed E-state index contributed by atoms with van der Waals surface area (Å²) in [6.07, 6.45) is 6.26. The number of carbonyl (C=O) groups is 1. The predicted octanol–water partition coefficient (Wildman–Crippen LogP) is 2.57. The summed E-state index contributed by atoms with van der Waals surface area (Å²) in [6, 6.07) is 7.14. The van der Waals surface area contributed by atoms with Gasteiger partial charge in [-0.25, -0.2) is 9.97 Å². The highest BCUT2D eigenvalue weighted by molar-refractivity contribution is 5.93. The molecule has 29 heavy (non-hydrogen) atoms. The summed E-state index contributed by atoms with van der Waals surface area (Å²) in [5.41, 5.74) is 1.96. The number of hydrogen-bond acceptors (Lipinski definition) is 8. The first kappa shape index (κ1) is 19.9. The number of anilines is 2. The van der Waals surface area contributed by atoms with E-state index in [1.807, 2.05) is 12.1 Å². The molecule has 0 aliphatic rings. The molecule has 9 nitrogen and oxygen atoms in total. The van der Waals surface area contributed by atoms with Gasteiger partial charge in [-0.05, 0) is 17.7 Å². The lowest BCUT2D eigenvalue weighted by Gasteiger charge is -2.14. The number of amides is 1. The Morgan fingerprint density at radius 2 is 1.59 bits per heavy atom. The molecule has 2 N–H and O–H groups in total. The van der Waals surface area contributed by atoms with Gasteiger partial charge in [0.15, 0.2) is 11.5 Å². The van der Waals surface area contributed by atoms with Gasteiger partial charge in [-0.3, -0.25) is 9.78 Å². The van der Waals surface area contributed by atoms with Crippen LogP contribution < -0.4 is 24.8 Å². The van der Waals surface area contributed by atoms with Crippen LogP contribution in [-0.2, 0) is 6.54 Å². The van der Waals surface area contributed by atoms with Crippen LogP contribution in [0.2, 0.25) is 0 Å². The first-order chi connectivity index (χ1) is 14.1. The Labute approximate surface area is 168 Å². The van der Waals surface area contributed by atoms with E-state index in [1.54, 1.807) is 24.5 Å². The van der Waals surface area contributed by atoms with E-state index in [2.05, 4.69) is 25.6 Å². The SMILES string of the molecule is COc1cc(Nc2ncc(C(=O)NCc3ccncc3)cn2)cc(OC)c1OC. The van der Waals surface area contributed by atoms with E-state index in [0.717, 1.165) is 5.56 Å². The summed E-state index contributed by atoms with van der Waals surface area (Å²) >= 11 is 0. The van der Waals surface area contributed by atoms with Crippen molar-refractivity contribution >= 4 is 17.5 Å². The molecule has 150 valence electrons. The summed E-state index contributed by atoms with van der Waals surface area (Å²) in [6.45, 7) is 0.396. The fourth-order valence-electron chi connectivity index (χ4n) is 2.58. The second-order valence-corrected chi connectivity index (χ2v) is 5.87. The van der Waals surface area contributed by atoms with Crippen molar-refractivity contribution in [2.24, 2.45) is 0 Å². The minimum atomic E-state index is -0.263. The minimum Gasteiger partial charge on any atom is -0.493 e. The van der Waals surface area contributed by atoms with Gasteiger partial charge in [0, 0.05) is 49.2 Å². The number of hydrogen-bond donors (Lipinski definition) is 2. The molecular weight excluding hydrogens is 374 g/mol. The molecule has 0 saturated carbocycles. The fourth-order valence-corrected chi connectivity index (χ4v) is 2.58. The van der Waals surface area contributed by atoms with Crippen LogP contribution in [0.3, 0.4) is 0 Å². The first-order valence-electron chi connectivity index (χ1n) is 8.70. The third-order valence-corrected chi connectivity index (χ3v) is 4.04. The Kier molecular flexibility index (Phi) is 6.41. The largest absolute Gasteiger partial charge is 0.493 e. The molecule has 0 aliphatic carbocycles. The van der Waals surface area contributed by atoms with Crippen molar-refractivity contribution in [3.8, 4) is 17.2 Å². The zero-order valence-electron chi connectivity index (χ0n) is 16.3. The van der Waals surface area contributed by atoms with Gasteiger partial charge >= 0.3 is 0 Å². The van der Waals surface area contributed by atoms with Gasteiger partial charge in [0.1, 0.15) is 0 Å². The van der Waals surface area contributed by atoms with E-state index >= 15 is 0 Å². The Hall–Kier alpha value is -3.88. The van der Waals surface area contributed by atoms with Crippen LogP contribution in [0, 0.1) is 0 Å². The first-order valence-corrected chi connectivity index (χ1v) is 8.70. The monoisotopic (exact) mass is 395 g/mol. The van der Waals surface area contributed by atoms with Gasteiger partial charge in [0.2, 0.25) is 11.7 Å². The Morgan fingerprint density at radius 3 is 2.14 bits per heavy atom. The maximum atomic E-state index is 12.3. The summed E-state index contributed by atoms with van der Waals surface area (Å²) in [5.74, 6) is 1.55. The average molecular weight is 395 g/mol. The smallest absolute Gasteiger partial charge is 0.254 e. The minimum absolute atomic E-state index is 0.263. The summed E-state index contributed by atoms with van der Waals surface area (Å²) in [5, 5.41) is 5.87. The number of benzene rings is 1. The molecule has 2 aromatic heterocycles. The molecule has 0 radical (unpaired) electrons. The Bertz CT molecular complexity index is 939. The second-order valence-electron chi connectivity index (χ2n) is 5.87. The lowest BCUT2D eigenvalue weighted by atomic mass is 10.2. The van der Waals surface area contributed by atoms with E-state index in [-0.39, 0.29) is 5.91 Å². The highest BCUT2D eigenvalue weighted by atomic mass is 16.5. The van der Waals surface area contributed by atoms with Crippen molar-refractivity contribution < 1.29 is 19.0 Å². The number of nitrogens with zero attached hydrogens (tertiary/aromatic N) is 3. The number of methoxy groups -OCH3 is 3. The zero-order valence-corrected chi connectivity index (χ0v) is 16.3. The molecule has 3 aromatic rings. The third-order valence-electron chi connectivity index (χ3n) is 4.04. The van der Waals surface area contributed by atoms with Crippen molar-refractivity contribution in [1.82, 2.24) is 20.3 Å². The predicted molar refractivity (Wildman–Crippen MR) is 107 cm³/mol. The molecule has 1 aromatic carbocycles. The molecule has 0 aliphatic heterocycles. The van der Waals surface area contributed by atoms with E-state index < -0.39 is 0 Å². The maximum Gasteiger partial charge on any atom is 0.254 e. The van der Waals surface area contributed by atoms with Gasteiger partial charge in [-0.2, -0.15) is 0 Å². The third kappa shape index (κ3) is 4.89. The summed E-state index contributed by atoms with van der Waals surface area (Å²) < 4.78 is 16.0. The highest BCUT2D eigenvalue weighted by Gasteiger charge is 2.14. The van der Waals surface area contributed by atoms with Crippen LogP contribution in [0.1, 0.15) is 15.9 Å². The molecule has 0 fully saturated rings. The molecule has 9 heteroatoms. The number of carbonyl (C=O) groups excluding carboxylic acids is 1. The second kappa shape index (κ2) is 9.36. The molecule has 0 saturated heterocycles. The van der Waals surface area contributed by atoms with E-state index in [9.17, 15) is 4.79 Å². The maximum absolute atomic E-state index is 12.3. The van der Waals surface area contributed by atoms with Crippen LogP contribution in [0.15, 0.2) is 49.1 Å². The van der Waals surface area contributed by atoms with Crippen molar-refractivity contribution in [3.05, 3.63) is 60.2 Å². The number of ether oxygens (including phenoxy) is 3. The zero-order chi connectivity index (χ0) is 20.6. The average Bonchev–Trinajstić information content (AvgIpc) is 2.77. The standard InChI is InChI=1S/C20H21N5O4/c1-27-16-8-15(9-17(28-2)18(16)29-3)25-20-23-11-14(12-24-20)19(26)22-10-13-4-6-21-7-5-13/h4-9,11-12H,10H2,1-3H3,(H,22,26)(H,23,24,25).